The molecule has 0 radical (unpaired) electrons. The molecule has 1 unspecified atom stereocenters. The molecule has 0 bridgehead atoms. The van der Waals surface area contributed by atoms with Gasteiger partial charge in [-0.05, 0) is 18.1 Å². The number of benzene rings is 1. The molecule has 0 saturated carbocycles. The lowest BCUT2D eigenvalue weighted by Gasteiger charge is -2.37. The predicted octanol–water partition coefficient (Wildman–Crippen LogP) is 2.52. The highest BCUT2D eigenvalue weighted by molar-refractivity contribution is 5.75. The van der Waals surface area contributed by atoms with Gasteiger partial charge in [-0.25, -0.2) is 4.98 Å². The molecular formula is C15H21N3O. The van der Waals surface area contributed by atoms with Gasteiger partial charge < -0.3 is 9.30 Å². The topological polar surface area (TPSA) is 30.3 Å². The van der Waals surface area contributed by atoms with Crippen LogP contribution in [0.5, 0.6) is 0 Å². The molecule has 102 valence electrons. The first-order valence-electron chi connectivity index (χ1n) is 7.01. The summed E-state index contributed by atoms with van der Waals surface area (Å²) in [6.45, 7) is 8.19. The Kier molecular flexibility index (Phi) is 3.53. The Morgan fingerprint density at radius 3 is 2.63 bits per heavy atom. The van der Waals surface area contributed by atoms with Gasteiger partial charge in [-0.2, -0.15) is 0 Å². The smallest absolute Gasteiger partial charge is 0.0971 e. The Bertz CT molecular complexity index is 543. The van der Waals surface area contributed by atoms with Gasteiger partial charge in [-0.15, -0.1) is 0 Å². The van der Waals surface area contributed by atoms with Crippen LogP contribution in [0, 0.1) is 5.92 Å². The highest BCUT2D eigenvalue weighted by atomic mass is 16.5. The molecule has 1 aliphatic rings. The van der Waals surface area contributed by atoms with Crippen molar-refractivity contribution in [1.29, 1.82) is 0 Å². The molecule has 2 aromatic rings. The van der Waals surface area contributed by atoms with Gasteiger partial charge in [0.2, 0.25) is 0 Å². The van der Waals surface area contributed by atoms with Crippen LogP contribution in [0.1, 0.15) is 20.0 Å². The molecule has 2 heterocycles. The van der Waals surface area contributed by atoms with Crippen molar-refractivity contribution < 1.29 is 4.74 Å². The van der Waals surface area contributed by atoms with Crippen molar-refractivity contribution in [3.63, 3.8) is 0 Å². The van der Waals surface area contributed by atoms with Crippen LogP contribution in [0.4, 0.5) is 0 Å². The van der Waals surface area contributed by atoms with Crippen LogP contribution in [-0.2, 0) is 4.74 Å². The minimum absolute atomic E-state index is 0.358. The quantitative estimate of drug-likeness (QED) is 0.848. The number of ether oxygens (including phenoxy) is 1. The molecule has 0 spiro atoms. The maximum absolute atomic E-state index is 5.47. The lowest BCUT2D eigenvalue weighted by molar-refractivity contribution is -0.0145. The highest BCUT2D eigenvalue weighted by Crippen LogP contribution is 2.27. The van der Waals surface area contributed by atoms with Crippen molar-refractivity contribution >= 4 is 11.0 Å². The Morgan fingerprint density at radius 1 is 1.16 bits per heavy atom. The van der Waals surface area contributed by atoms with Crippen molar-refractivity contribution in [2.45, 2.75) is 20.0 Å². The van der Waals surface area contributed by atoms with Crippen LogP contribution in [0.15, 0.2) is 30.6 Å². The first-order chi connectivity index (χ1) is 9.27. The minimum atomic E-state index is 0.358. The Morgan fingerprint density at radius 2 is 1.89 bits per heavy atom. The zero-order chi connectivity index (χ0) is 13.2. The molecule has 0 N–H and O–H groups in total. The number of hydrogen-bond donors (Lipinski definition) is 0. The molecule has 1 aromatic heterocycles. The van der Waals surface area contributed by atoms with E-state index in [2.05, 4.69) is 46.5 Å². The van der Waals surface area contributed by atoms with E-state index in [0.29, 0.717) is 12.1 Å². The number of rotatable bonds is 3. The summed E-state index contributed by atoms with van der Waals surface area (Å²) < 4.78 is 7.78. The zero-order valence-corrected chi connectivity index (χ0v) is 11.6. The molecule has 1 aliphatic heterocycles. The largest absolute Gasteiger partial charge is 0.379 e. The van der Waals surface area contributed by atoms with Crippen molar-refractivity contribution in [1.82, 2.24) is 14.5 Å². The van der Waals surface area contributed by atoms with Gasteiger partial charge in [0.15, 0.2) is 0 Å². The van der Waals surface area contributed by atoms with Crippen molar-refractivity contribution in [2.24, 2.45) is 5.92 Å². The second kappa shape index (κ2) is 5.31. The van der Waals surface area contributed by atoms with E-state index in [0.717, 1.165) is 31.8 Å². The standard InChI is InChI=1S/C15H21N3O/c1-12(2)15(17-7-9-19-10-8-17)18-11-16-13-5-3-4-6-14(13)18/h3-6,11-12,15H,7-10H2,1-2H3. The maximum Gasteiger partial charge on any atom is 0.0971 e. The molecule has 0 amide bonds. The Hall–Kier alpha value is -1.39. The second-order valence-electron chi connectivity index (χ2n) is 5.45. The number of morpholine rings is 1. The fraction of sp³-hybridized carbons (Fsp3) is 0.533. The summed E-state index contributed by atoms with van der Waals surface area (Å²) in [7, 11) is 0. The fourth-order valence-corrected chi connectivity index (χ4v) is 2.95. The normalized spacial score (nSPS) is 19.1. The minimum Gasteiger partial charge on any atom is -0.379 e. The van der Waals surface area contributed by atoms with E-state index in [4.69, 9.17) is 4.74 Å². The van der Waals surface area contributed by atoms with E-state index < -0.39 is 0 Å². The summed E-state index contributed by atoms with van der Waals surface area (Å²) in [6, 6.07) is 8.34. The number of para-hydroxylation sites is 2. The van der Waals surface area contributed by atoms with E-state index in [1.54, 1.807) is 0 Å². The first-order valence-corrected chi connectivity index (χ1v) is 7.01. The molecule has 4 heteroatoms. The molecular weight excluding hydrogens is 238 g/mol. The molecule has 1 aromatic carbocycles. The Labute approximate surface area is 114 Å². The van der Waals surface area contributed by atoms with Gasteiger partial charge in [0.05, 0.1) is 36.7 Å². The van der Waals surface area contributed by atoms with Crippen molar-refractivity contribution in [2.75, 3.05) is 26.3 Å². The molecule has 1 fully saturated rings. The molecule has 3 rings (SSSR count). The van der Waals surface area contributed by atoms with Crippen molar-refractivity contribution in [3.8, 4) is 0 Å². The zero-order valence-electron chi connectivity index (χ0n) is 11.6. The van der Waals surface area contributed by atoms with Crippen LogP contribution in [-0.4, -0.2) is 40.8 Å². The van der Waals surface area contributed by atoms with Gasteiger partial charge in [0.25, 0.3) is 0 Å². The average molecular weight is 259 g/mol. The van der Waals surface area contributed by atoms with Gasteiger partial charge in [-0.3, -0.25) is 4.90 Å². The summed E-state index contributed by atoms with van der Waals surface area (Å²) in [5.41, 5.74) is 2.29. The summed E-state index contributed by atoms with van der Waals surface area (Å²) in [5.74, 6) is 0.538. The summed E-state index contributed by atoms with van der Waals surface area (Å²) in [5, 5.41) is 0. The van der Waals surface area contributed by atoms with E-state index in [-0.39, 0.29) is 0 Å². The van der Waals surface area contributed by atoms with Crippen LogP contribution < -0.4 is 0 Å². The average Bonchev–Trinajstić information content (AvgIpc) is 2.84. The molecule has 1 atom stereocenters. The number of nitrogens with zero attached hydrogens (tertiary/aromatic N) is 3. The SMILES string of the molecule is CC(C)C(N1CCOCC1)n1cnc2ccccc21. The van der Waals surface area contributed by atoms with Gasteiger partial charge in [-0.1, -0.05) is 26.0 Å². The van der Waals surface area contributed by atoms with Crippen LogP contribution in [0.25, 0.3) is 11.0 Å². The second-order valence-corrected chi connectivity index (χ2v) is 5.45. The number of imidazole rings is 1. The van der Waals surface area contributed by atoms with E-state index >= 15 is 0 Å². The van der Waals surface area contributed by atoms with Gasteiger partial charge >= 0.3 is 0 Å². The summed E-state index contributed by atoms with van der Waals surface area (Å²) in [4.78, 5) is 7.02. The van der Waals surface area contributed by atoms with E-state index in [1.807, 2.05) is 12.4 Å². The third-order valence-electron chi connectivity index (χ3n) is 3.78. The van der Waals surface area contributed by atoms with Gasteiger partial charge in [0, 0.05) is 13.1 Å². The third-order valence-corrected chi connectivity index (χ3v) is 3.78. The predicted molar refractivity (Wildman–Crippen MR) is 76.0 cm³/mol. The van der Waals surface area contributed by atoms with Crippen LogP contribution in [0.2, 0.25) is 0 Å². The fourth-order valence-electron chi connectivity index (χ4n) is 2.95. The molecule has 19 heavy (non-hydrogen) atoms. The number of aromatic nitrogens is 2. The van der Waals surface area contributed by atoms with E-state index in [9.17, 15) is 0 Å². The number of hydrogen-bond acceptors (Lipinski definition) is 3. The summed E-state index contributed by atoms with van der Waals surface area (Å²) in [6.07, 6.45) is 2.33. The molecule has 0 aliphatic carbocycles. The maximum atomic E-state index is 5.47. The highest BCUT2D eigenvalue weighted by Gasteiger charge is 2.26. The monoisotopic (exact) mass is 259 g/mol. The summed E-state index contributed by atoms with van der Waals surface area (Å²) >= 11 is 0. The molecule has 1 saturated heterocycles. The third kappa shape index (κ3) is 2.38. The lowest BCUT2D eigenvalue weighted by atomic mass is 10.1. The lowest BCUT2D eigenvalue weighted by Crippen LogP contribution is -2.43. The van der Waals surface area contributed by atoms with E-state index in [1.165, 1.54) is 5.52 Å². The van der Waals surface area contributed by atoms with Gasteiger partial charge in [0.1, 0.15) is 0 Å². The molecule has 4 nitrogen and oxygen atoms in total. The van der Waals surface area contributed by atoms with Crippen LogP contribution >= 0.6 is 0 Å². The Balaban J connectivity index is 1.99. The van der Waals surface area contributed by atoms with Crippen molar-refractivity contribution in [3.05, 3.63) is 30.6 Å². The first kappa shape index (κ1) is 12.6. The number of fused-ring (bicyclic) bond motifs is 1. The van der Waals surface area contributed by atoms with Crippen LogP contribution in [0.3, 0.4) is 0 Å².